The Balaban J connectivity index is 2.71. The highest BCUT2D eigenvalue weighted by molar-refractivity contribution is 5.74. The fourth-order valence-electron chi connectivity index (χ4n) is 8.84. The number of carbonyl (C=O) groups excluding carboxylic acids is 3. The van der Waals surface area contributed by atoms with Gasteiger partial charge in [-0.15, -0.1) is 0 Å². The Morgan fingerprint density at radius 2 is 0.823 bits per heavy atom. The van der Waals surface area contributed by atoms with Crippen molar-refractivity contribution in [3.63, 3.8) is 0 Å². The maximum absolute atomic E-state index is 13.2. The lowest BCUT2D eigenvalue weighted by Gasteiger charge is -2.40. The molecule has 0 amide bonds. The van der Waals surface area contributed by atoms with E-state index >= 15 is 0 Å². The number of carbonyl (C=O) groups is 4. The third kappa shape index (κ3) is 44.0. The number of hydrogen-bond donors (Lipinski definition) is 3. The molecule has 79 heavy (non-hydrogen) atoms. The number of carboxylic acids is 1. The van der Waals surface area contributed by atoms with E-state index < -0.39 is 67.3 Å². The molecule has 12 nitrogen and oxygen atoms in total. The van der Waals surface area contributed by atoms with Crippen molar-refractivity contribution in [3.8, 4) is 0 Å². The van der Waals surface area contributed by atoms with Gasteiger partial charge in [0.15, 0.2) is 24.6 Å². The second kappa shape index (κ2) is 54.2. The van der Waals surface area contributed by atoms with Gasteiger partial charge >= 0.3 is 23.9 Å². The van der Waals surface area contributed by atoms with Crippen LogP contribution in [0.1, 0.15) is 252 Å². The number of rotatable bonds is 52. The van der Waals surface area contributed by atoms with Crippen molar-refractivity contribution in [1.29, 1.82) is 0 Å². The lowest BCUT2D eigenvalue weighted by Crippen LogP contribution is -2.61. The lowest BCUT2D eigenvalue weighted by molar-refractivity contribution is -0.301. The van der Waals surface area contributed by atoms with Crippen LogP contribution in [-0.2, 0) is 42.9 Å². The van der Waals surface area contributed by atoms with Gasteiger partial charge in [-0.05, 0) is 116 Å². The normalized spacial score (nSPS) is 18.5. The second-order valence-corrected chi connectivity index (χ2v) is 20.9. The zero-order valence-corrected chi connectivity index (χ0v) is 49.6. The molecule has 0 aliphatic carbocycles. The second-order valence-electron chi connectivity index (χ2n) is 20.9. The average Bonchev–Trinajstić information content (AvgIpc) is 3.44. The van der Waals surface area contributed by atoms with Crippen LogP contribution in [0.25, 0.3) is 0 Å². The summed E-state index contributed by atoms with van der Waals surface area (Å²) >= 11 is 0. The molecule has 1 aliphatic rings. The molecule has 12 heteroatoms. The lowest BCUT2D eigenvalue weighted by atomic mass is 9.98. The van der Waals surface area contributed by atoms with Crippen LogP contribution in [0, 0.1) is 0 Å². The van der Waals surface area contributed by atoms with E-state index in [-0.39, 0.29) is 25.9 Å². The number of hydrogen-bond acceptors (Lipinski definition) is 11. The highest BCUT2D eigenvalue weighted by atomic mass is 16.7. The first kappa shape index (κ1) is 72.7. The number of carboxylic acid groups (broad SMARTS) is 1. The van der Waals surface area contributed by atoms with E-state index in [9.17, 15) is 34.5 Å². The fraction of sp³-hybridized carbons (Fsp3) is 0.701. The molecule has 450 valence electrons. The summed E-state index contributed by atoms with van der Waals surface area (Å²) in [6.07, 6.45) is 59.4. The molecule has 0 radical (unpaired) electrons. The predicted octanol–water partition coefficient (Wildman–Crippen LogP) is 16.5. The van der Waals surface area contributed by atoms with Gasteiger partial charge < -0.3 is 39.0 Å². The number of aliphatic hydroxyl groups excluding tert-OH is 2. The minimum Gasteiger partial charge on any atom is -0.479 e. The fourth-order valence-corrected chi connectivity index (χ4v) is 8.84. The minimum atomic E-state index is -1.92. The zero-order valence-electron chi connectivity index (χ0n) is 49.6. The summed E-state index contributed by atoms with van der Waals surface area (Å²) in [7, 11) is 0. The van der Waals surface area contributed by atoms with E-state index in [1.54, 1.807) is 0 Å². The van der Waals surface area contributed by atoms with Crippen molar-refractivity contribution in [2.45, 2.75) is 289 Å². The van der Waals surface area contributed by atoms with Crippen molar-refractivity contribution in [1.82, 2.24) is 0 Å². The molecule has 0 aromatic rings. The van der Waals surface area contributed by atoms with Gasteiger partial charge in [0.05, 0.1) is 6.61 Å². The maximum atomic E-state index is 13.2. The molecular weight excluding hydrogens is 997 g/mol. The van der Waals surface area contributed by atoms with E-state index in [0.29, 0.717) is 19.3 Å². The number of aliphatic carboxylic acids is 1. The predicted molar refractivity (Wildman–Crippen MR) is 321 cm³/mol. The Kier molecular flexibility index (Phi) is 49.9. The Morgan fingerprint density at radius 1 is 0.430 bits per heavy atom. The molecule has 1 heterocycles. The standard InChI is InChI=1S/C67H110O12/c1-4-7-10-13-16-19-22-25-27-29-30-32-33-36-38-41-44-47-50-53-59(68)75-56-58(77-60(69)54-51-48-45-42-40-37-34-31-28-26-23-20-17-14-11-8-5-2)57-76-67-65(63(72)62(71)64(79-67)66(73)74)78-61(70)55-52-49-46-43-39-35-24-21-18-15-12-9-6-3/h7,10,12,15-16,19,21,24-28,30,32,36,38,58,62-65,67,71-72H,4-6,8-9,11,13-14,17-18,20,22-23,29,31,33-35,37,39-57H2,1-3H3,(H,73,74)/b10-7-,15-12-,19-16-,24-21-,27-25-,28-26-,32-30-,38-36-. The average molecular weight is 1110 g/mol. The summed E-state index contributed by atoms with van der Waals surface area (Å²) in [5.74, 6) is -3.19. The molecule has 0 saturated carbocycles. The molecule has 0 aromatic carbocycles. The van der Waals surface area contributed by atoms with Gasteiger partial charge in [-0.25, -0.2) is 4.79 Å². The highest BCUT2D eigenvalue weighted by Crippen LogP contribution is 2.26. The number of allylic oxidation sites excluding steroid dienone is 16. The SMILES string of the molecule is CC/C=C\C/C=C\C/C=C\C/C=C\C/C=C\CCCCCC(=O)OCC(COC1OC(C(=O)O)C(O)C(O)C1OC(=O)CCCCCCC/C=C\C/C=C\CCC)OC(=O)CCCCCCCCC/C=C\CCCCCCCC. The number of esters is 3. The molecule has 1 rings (SSSR count). The summed E-state index contributed by atoms with van der Waals surface area (Å²) in [4.78, 5) is 51.2. The van der Waals surface area contributed by atoms with Crippen molar-refractivity contribution in [3.05, 3.63) is 97.2 Å². The van der Waals surface area contributed by atoms with Crippen molar-refractivity contribution in [2.24, 2.45) is 0 Å². The van der Waals surface area contributed by atoms with Crippen molar-refractivity contribution >= 4 is 23.9 Å². The van der Waals surface area contributed by atoms with Crippen LogP contribution in [0.15, 0.2) is 97.2 Å². The smallest absolute Gasteiger partial charge is 0.335 e. The van der Waals surface area contributed by atoms with E-state index in [2.05, 4.69) is 118 Å². The molecule has 0 aromatic heterocycles. The number of ether oxygens (including phenoxy) is 5. The Morgan fingerprint density at radius 3 is 1.29 bits per heavy atom. The third-order valence-corrected chi connectivity index (χ3v) is 13.6. The van der Waals surface area contributed by atoms with Crippen molar-refractivity contribution < 1.29 is 58.2 Å². The molecule has 0 bridgehead atoms. The van der Waals surface area contributed by atoms with E-state index in [1.165, 1.54) is 57.8 Å². The van der Waals surface area contributed by atoms with Gasteiger partial charge in [0.1, 0.15) is 18.8 Å². The zero-order chi connectivity index (χ0) is 57.5. The molecule has 6 unspecified atom stereocenters. The van der Waals surface area contributed by atoms with E-state index in [4.69, 9.17) is 23.7 Å². The summed E-state index contributed by atoms with van der Waals surface area (Å²) in [5.41, 5.74) is 0. The Labute approximate surface area is 479 Å². The minimum absolute atomic E-state index is 0.0367. The van der Waals surface area contributed by atoms with Crippen LogP contribution in [-0.4, -0.2) is 89.2 Å². The van der Waals surface area contributed by atoms with Gasteiger partial charge in [-0.2, -0.15) is 0 Å². The molecule has 6 atom stereocenters. The number of unbranched alkanes of at least 4 members (excludes halogenated alkanes) is 22. The first-order valence-electron chi connectivity index (χ1n) is 31.2. The summed E-state index contributed by atoms with van der Waals surface area (Å²) in [6, 6.07) is 0. The molecule has 1 saturated heterocycles. The molecule has 1 aliphatic heterocycles. The van der Waals surface area contributed by atoms with Crippen molar-refractivity contribution in [2.75, 3.05) is 13.2 Å². The van der Waals surface area contributed by atoms with Crippen LogP contribution < -0.4 is 0 Å². The van der Waals surface area contributed by atoms with Gasteiger partial charge in [0, 0.05) is 19.3 Å². The molecule has 3 N–H and O–H groups in total. The molecular formula is C67H110O12. The number of aliphatic hydroxyl groups is 2. The van der Waals surface area contributed by atoms with Crippen LogP contribution >= 0.6 is 0 Å². The van der Waals surface area contributed by atoms with Crippen LogP contribution in [0.4, 0.5) is 0 Å². The quantitative estimate of drug-likeness (QED) is 0.0228. The van der Waals surface area contributed by atoms with Gasteiger partial charge in [-0.1, -0.05) is 214 Å². The Bertz CT molecular complexity index is 1740. The summed E-state index contributed by atoms with van der Waals surface area (Å²) in [5, 5.41) is 31.5. The maximum Gasteiger partial charge on any atom is 0.335 e. The summed E-state index contributed by atoms with van der Waals surface area (Å²) < 4.78 is 28.4. The molecule has 0 spiro atoms. The van der Waals surface area contributed by atoms with Gasteiger partial charge in [-0.3, -0.25) is 14.4 Å². The van der Waals surface area contributed by atoms with Gasteiger partial charge in [0.25, 0.3) is 0 Å². The summed E-state index contributed by atoms with van der Waals surface area (Å²) in [6.45, 7) is 5.78. The Hall–Kier alpha value is -4.36. The first-order chi connectivity index (χ1) is 38.6. The van der Waals surface area contributed by atoms with Crippen LogP contribution in [0.3, 0.4) is 0 Å². The largest absolute Gasteiger partial charge is 0.479 e. The first-order valence-corrected chi connectivity index (χ1v) is 31.2. The highest BCUT2D eigenvalue weighted by Gasteiger charge is 2.50. The van der Waals surface area contributed by atoms with Gasteiger partial charge in [0.2, 0.25) is 0 Å². The topological polar surface area (TPSA) is 175 Å². The molecule has 1 fully saturated rings. The van der Waals surface area contributed by atoms with E-state index in [0.717, 1.165) is 135 Å². The van der Waals surface area contributed by atoms with Crippen LogP contribution in [0.2, 0.25) is 0 Å². The van der Waals surface area contributed by atoms with Crippen LogP contribution in [0.5, 0.6) is 0 Å². The third-order valence-electron chi connectivity index (χ3n) is 13.6. The van der Waals surface area contributed by atoms with E-state index in [1.807, 2.05) is 0 Å². The monoisotopic (exact) mass is 1110 g/mol.